The summed E-state index contributed by atoms with van der Waals surface area (Å²) in [6.45, 7) is 5.35. The molecule has 0 radical (unpaired) electrons. The van der Waals surface area contributed by atoms with Crippen LogP contribution in [0.1, 0.15) is 18.1 Å². The van der Waals surface area contributed by atoms with Gasteiger partial charge in [0, 0.05) is 13.6 Å². The fourth-order valence-electron chi connectivity index (χ4n) is 1.73. The zero-order chi connectivity index (χ0) is 13.2. The van der Waals surface area contributed by atoms with Gasteiger partial charge in [-0.15, -0.1) is 0 Å². The summed E-state index contributed by atoms with van der Waals surface area (Å²) in [6, 6.07) is 5.22. The van der Waals surface area contributed by atoms with Crippen molar-refractivity contribution in [2.75, 3.05) is 13.6 Å². The van der Waals surface area contributed by atoms with E-state index in [1.54, 1.807) is 26.0 Å². The quantitative estimate of drug-likeness (QED) is 0.884. The lowest BCUT2D eigenvalue weighted by molar-refractivity contribution is 0.171. The summed E-state index contributed by atoms with van der Waals surface area (Å²) < 4.78 is 25.6. The van der Waals surface area contributed by atoms with Crippen molar-refractivity contribution in [2.45, 2.75) is 31.8 Å². The Labute approximate surface area is 103 Å². The predicted octanol–water partition coefficient (Wildman–Crippen LogP) is 1.30. The highest BCUT2D eigenvalue weighted by Gasteiger charge is 2.23. The summed E-state index contributed by atoms with van der Waals surface area (Å²) in [5.74, 6) is 0. The molecule has 96 valence electrons. The maximum Gasteiger partial charge on any atom is 0.243 e. The highest BCUT2D eigenvalue weighted by atomic mass is 32.2. The van der Waals surface area contributed by atoms with Gasteiger partial charge in [0.15, 0.2) is 0 Å². The maximum absolute atomic E-state index is 12.2. The van der Waals surface area contributed by atoms with Crippen molar-refractivity contribution in [1.82, 2.24) is 4.31 Å². The molecule has 0 fully saturated rings. The standard InChI is InChI=1S/C12H19NO3S/c1-9-5-6-12(10(2)7-9)17(15,16)13(4)8-11(3)14/h5-7,11,14H,8H2,1-4H3. The van der Waals surface area contributed by atoms with Gasteiger partial charge in [0.05, 0.1) is 11.0 Å². The van der Waals surface area contributed by atoms with Gasteiger partial charge >= 0.3 is 0 Å². The van der Waals surface area contributed by atoms with Crippen LogP contribution in [-0.2, 0) is 10.0 Å². The molecule has 0 saturated carbocycles. The molecule has 0 aliphatic rings. The van der Waals surface area contributed by atoms with Crippen molar-refractivity contribution in [1.29, 1.82) is 0 Å². The van der Waals surface area contributed by atoms with Crippen molar-refractivity contribution in [2.24, 2.45) is 0 Å². The first kappa shape index (κ1) is 14.2. The fraction of sp³-hybridized carbons (Fsp3) is 0.500. The van der Waals surface area contributed by atoms with Crippen LogP contribution in [0.4, 0.5) is 0 Å². The lowest BCUT2D eigenvalue weighted by Gasteiger charge is -2.19. The number of aliphatic hydroxyl groups excluding tert-OH is 1. The van der Waals surface area contributed by atoms with Crippen LogP contribution < -0.4 is 0 Å². The number of aliphatic hydroxyl groups is 1. The number of aryl methyl sites for hydroxylation is 2. The van der Waals surface area contributed by atoms with Crippen LogP contribution in [0.15, 0.2) is 23.1 Å². The third kappa shape index (κ3) is 3.28. The first-order valence-electron chi connectivity index (χ1n) is 5.47. The fourth-order valence-corrected chi connectivity index (χ4v) is 3.18. The zero-order valence-electron chi connectivity index (χ0n) is 10.6. The average Bonchev–Trinajstić information content (AvgIpc) is 2.15. The van der Waals surface area contributed by atoms with Crippen LogP contribution in [0.5, 0.6) is 0 Å². The average molecular weight is 257 g/mol. The lowest BCUT2D eigenvalue weighted by atomic mass is 10.2. The molecular weight excluding hydrogens is 238 g/mol. The van der Waals surface area contributed by atoms with E-state index in [0.29, 0.717) is 4.90 Å². The number of hydrogen-bond donors (Lipinski definition) is 1. The normalized spacial score (nSPS) is 14.0. The van der Waals surface area contributed by atoms with Crippen molar-refractivity contribution in [3.63, 3.8) is 0 Å². The molecule has 0 saturated heterocycles. The van der Waals surface area contributed by atoms with Gasteiger partial charge in [-0.3, -0.25) is 0 Å². The highest BCUT2D eigenvalue weighted by Crippen LogP contribution is 2.20. The largest absolute Gasteiger partial charge is 0.392 e. The van der Waals surface area contributed by atoms with Crippen molar-refractivity contribution < 1.29 is 13.5 Å². The molecule has 1 unspecified atom stereocenters. The van der Waals surface area contributed by atoms with Crippen molar-refractivity contribution >= 4 is 10.0 Å². The Morgan fingerprint density at radius 1 is 1.35 bits per heavy atom. The second-order valence-corrected chi connectivity index (χ2v) is 6.42. The SMILES string of the molecule is Cc1ccc(S(=O)(=O)N(C)CC(C)O)c(C)c1. The predicted molar refractivity (Wildman–Crippen MR) is 67.4 cm³/mol. The minimum Gasteiger partial charge on any atom is -0.392 e. The van der Waals surface area contributed by atoms with Gasteiger partial charge in [-0.2, -0.15) is 4.31 Å². The summed E-state index contributed by atoms with van der Waals surface area (Å²) >= 11 is 0. The van der Waals surface area contributed by atoms with Gasteiger partial charge in [-0.25, -0.2) is 8.42 Å². The number of rotatable bonds is 4. The number of hydrogen-bond acceptors (Lipinski definition) is 3. The molecule has 1 atom stereocenters. The van der Waals surface area contributed by atoms with Gasteiger partial charge in [0.2, 0.25) is 10.0 Å². The molecule has 5 heteroatoms. The van der Waals surface area contributed by atoms with Gasteiger partial charge in [-0.05, 0) is 32.4 Å². The van der Waals surface area contributed by atoms with E-state index in [2.05, 4.69) is 0 Å². The molecule has 0 aliphatic carbocycles. The van der Waals surface area contributed by atoms with E-state index in [1.807, 2.05) is 13.0 Å². The molecule has 0 spiro atoms. The van der Waals surface area contributed by atoms with Crippen LogP contribution in [-0.4, -0.2) is 37.5 Å². The summed E-state index contributed by atoms with van der Waals surface area (Å²) in [5, 5.41) is 9.24. The minimum atomic E-state index is -3.51. The minimum absolute atomic E-state index is 0.0929. The van der Waals surface area contributed by atoms with Crippen molar-refractivity contribution in [3.05, 3.63) is 29.3 Å². The van der Waals surface area contributed by atoms with E-state index in [9.17, 15) is 13.5 Å². The summed E-state index contributed by atoms with van der Waals surface area (Å²) in [4.78, 5) is 0.297. The second kappa shape index (κ2) is 5.16. The van der Waals surface area contributed by atoms with Crippen LogP contribution in [0.3, 0.4) is 0 Å². The number of sulfonamides is 1. The molecule has 0 aromatic heterocycles. The molecule has 0 aliphatic heterocycles. The second-order valence-electron chi connectivity index (χ2n) is 4.40. The number of nitrogens with zero attached hydrogens (tertiary/aromatic N) is 1. The van der Waals surface area contributed by atoms with E-state index in [1.165, 1.54) is 11.4 Å². The van der Waals surface area contributed by atoms with Gasteiger partial charge in [-0.1, -0.05) is 17.7 Å². The Morgan fingerprint density at radius 3 is 2.41 bits per heavy atom. The first-order chi connectivity index (χ1) is 7.75. The Balaban J connectivity index is 3.13. The van der Waals surface area contributed by atoms with Crippen molar-refractivity contribution in [3.8, 4) is 0 Å². The molecule has 1 aromatic rings. The Bertz CT molecular complexity index is 494. The molecule has 0 heterocycles. The molecule has 1 aromatic carbocycles. The monoisotopic (exact) mass is 257 g/mol. The summed E-state index contributed by atoms with van der Waals surface area (Å²) in [6.07, 6.45) is -0.680. The van der Waals surface area contributed by atoms with E-state index in [0.717, 1.165) is 11.1 Å². The Hall–Kier alpha value is -0.910. The first-order valence-corrected chi connectivity index (χ1v) is 6.91. The van der Waals surface area contributed by atoms with E-state index < -0.39 is 16.1 Å². The van der Waals surface area contributed by atoms with Crippen LogP contribution >= 0.6 is 0 Å². The number of likely N-dealkylation sites (N-methyl/N-ethyl adjacent to an activating group) is 1. The van der Waals surface area contributed by atoms with Crippen LogP contribution in [0.2, 0.25) is 0 Å². The van der Waals surface area contributed by atoms with Gasteiger partial charge in [0.1, 0.15) is 0 Å². The molecule has 0 bridgehead atoms. The zero-order valence-corrected chi connectivity index (χ0v) is 11.5. The van der Waals surface area contributed by atoms with Crippen LogP contribution in [0.25, 0.3) is 0 Å². The maximum atomic E-state index is 12.2. The molecule has 1 rings (SSSR count). The lowest BCUT2D eigenvalue weighted by Crippen LogP contribution is -2.33. The molecular formula is C12H19NO3S. The molecule has 1 N–H and O–H groups in total. The molecule has 0 amide bonds. The van der Waals surface area contributed by atoms with E-state index in [4.69, 9.17) is 0 Å². The topological polar surface area (TPSA) is 57.6 Å². The summed E-state index contributed by atoms with van der Waals surface area (Å²) in [7, 11) is -2.03. The van der Waals surface area contributed by atoms with Gasteiger partial charge < -0.3 is 5.11 Å². The third-order valence-electron chi connectivity index (χ3n) is 2.54. The van der Waals surface area contributed by atoms with Gasteiger partial charge in [0.25, 0.3) is 0 Å². The smallest absolute Gasteiger partial charge is 0.243 e. The van der Waals surface area contributed by atoms with E-state index >= 15 is 0 Å². The summed E-state index contributed by atoms with van der Waals surface area (Å²) in [5.41, 5.74) is 1.75. The Morgan fingerprint density at radius 2 is 1.94 bits per heavy atom. The van der Waals surface area contributed by atoms with E-state index in [-0.39, 0.29) is 6.54 Å². The number of benzene rings is 1. The highest BCUT2D eigenvalue weighted by molar-refractivity contribution is 7.89. The molecule has 17 heavy (non-hydrogen) atoms. The van der Waals surface area contributed by atoms with Crippen LogP contribution in [0, 0.1) is 13.8 Å². The Kier molecular flexibility index (Phi) is 4.30. The third-order valence-corrected chi connectivity index (χ3v) is 4.52. The molecule has 4 nitrogen and oxygen atoms in total.